The van der Waals surface area contributed by atoms with E-state index in [9.17, 15) is 5.11 Å². The number of thiophene rings is 1. The Balaban J connectivity index is 2.01. The molecule has 0 bridgehead atoms. The summed E-state index contributed by atoms with van der Waals surface area (Å²) in [7, 11) is 1.93. The molecule has 0 aliphatic rings. The van der Waals surface area contributed by atoms with Crippen molar-refractivity contribution in [2.45, 2.75) is 45.8 Å². The van der Waals surface area contributed by atoms with Gasteiger partial charge in [-0.3, -0.25) is 0 Å². The van der Waals surface area contributed by atoms with Crippen LogP contribution in [0.5, 0.6) is 0 Å². The molecule has 8 heteroatoms. The Morgan fingerprint density at radius 3 is 2.80 bits per heavy atom. The summed E-state index contributed by atoms with van der Waals surface area (Å²) in [6.07, 6.45) is 2.17. The molecule has 0 fully saturated rings. The molecule has 0 amide bonds. The monoisotopic (exact) mass is 364 g/mol. The highest BCUT2D eigenvalue weighted by Gasteiger charge is 2.23. The van der Waals surface area contributed by atoms with Crippen molar-refractivity contribution in [1.29, 1.82) is 0 Å². The fourth-order valence-corrected chi connectivity index (χ4v) is 3.01. The number of aryl methyl sites for hydroxylation is 1. The highest BCUT2D eigenvalue weighted by atomic mass is 32.1. The van der Waals surface area contributed by atoms with Crippen LogP contribution in [0, 0.1) is 6.92 Å². The lowest BCUT2D eigenvalue weighted by molar-refractivity contribution is 0.0621. The number of rotatable bonds is 8. The highest BCUT2D eigenvalue weighted by Crippen LogP contribution is 2.21. The van der Waals surface area contributed by atoms with Gasteiger partial charge in [-0.15, -0.1) is 10.2 Å². The minimum Gasteiger partial charge on any atom is -0.384 e. The first-order valence-corrected chi connectivity index (χ1v) is 9.50. The van der Waals surface area contributed by atoms with Gasteiger partial charge in [-0.05, 0) is 42.7 Å². The van der Waals surface area contributed by atoms with Crippen LogP contribution in [-0.4, -0.2) is 38.9 Å². The molecular weight excluding hydrogens is 336 g/mol. The summed E-state index contributed by atoms with van der Waals surface area (Å²) in [5, 5.41) is 29.3. The van der Waals surface area contributed by atoms with Gasteiger partial charge in [0.1, 0.15) is 18.0 Å². The standard InChI is InChI=1S/C17H28N6OS/c1-5-6-8-18-16(19-10-15-22-21-13(2)23(15)4)20-12-17(3,24)14-7-9-25-11-14/h7,9,11,24H,5-6,8,10,12H2,1-4H3,(H2,18,19,20). The minimum atomic E-state index is -0.950. The van der Waals surface area contributed by atoms with Gasteiger partial charge in [-0.2, -0.15) is 11.3 Å². The van der Waals surface area contributed by atoms with Crippen molar-refractivity contribution in [3.8, 4) is 0 Å². The van der Waals surface area contributed by atoms with Crippen LogP contribution in [0.2, 0.25) is 0 Å². The Kier molecular flexibility index (Phi) is 6.95. The normalized spacial score (nSPS) is 14.4. The average molecular weight is 365 g/mol. The Morgan fingerprint density at radius 2 is 2.20 bits per heavy atom. The number of unbranched alkanes of at least 4 members (excludes halogenated alkanes) is 1. The number of nitrogens with zero attached hydrogens (tertiary/aromatic N) is 4. The second-order valence-electron chi connectivity index (χ2n) is 6.31. The maximum absolute atomic E-state index is 10.7. The molecule has 138 valence electrons. The quantitative estimate of drug-likeness (QED) is 0.378. The van der Waals surface area contributed by atoms with Gasteiger partial charge in [0.05, 0.1) is 6.54 Å². The lowest BCUT2D eigenvalue weighted by Crippen LogP contribution is -2.44. The van der Waals surface area contributed by atoms with Gasteiger partial charge >= 0.3 is 0 Å². The van der Waals surface area contributed by atoms with Crippen molar-refractivity contribution >= 4 is 17.3 Å². The first-order chi connectivity index (χ1) is 11.9. The molecule has 3 N–H and O–H groups in total. The second kappa shape index (κ2) is 8.96. The molecule has 0 aliphatic carbocycles. The summed E-state index contributed by atoms with van der Waals surface area (Å²) in [5.74, 6) is 2.34. The van der Waals surface area contributed by atoms with Gasteiger partial charge in [-0.25, -0.2) is 4.99 Å². The summed E-state index contributed by atoms with van der Waals surface area (Å²) in [4.78, 5) is 4.59. The molecule has 0 aromatic carbocycles. The van der Waals surface area contributed by atoms with Crippen LogP contribution in [0.3, 0.4) is 0 Å². The van der Waals surface area contributed by atoms with Crippen molar-refractivity contribution in [3.63, 3.8) is 0 Å². The zero-order valence-corrected chi connectivity index (χ0v) is 16.2. The number of guanidine groups is 1. The fourth-order valence-electron chi connectivity index (χ4n) is 2.23. The van der Waals surface area contributed by atoms with Gasteiger partial charge in [0, 0.05) is 13.6 Å². The summed E-state index contributed by atoms with van der Waals surface area (Å²) in [6, 6.07) is 1.94. The molecule has 2 aromatic rings. The third-order valence-corrected chi connectivity index (χ3v) is 4.81. The molecule has 0 aliphatic heterocycles. The van der Waals surface area contributed by atoms with E-state index < -0.39 is 5.60 Å². The van der Waals surface area contributed by atoms with Crippen LogP contribution in [0.15, 0.2) is 21.8 Å². The van der Waals surface area contributed by atoms with Gasteiger partial charge < -0.3 is 20.3 Å². The van der Waals surface area contributed by atoms with E-state index in [0.29, 0.717) is 19.0 Å². The van der Waals surface area contributed by atoms with E-state index in [-0.39, 0.29) is 0 Å². The molecule has 2 heterocycles. The molecule has 1 atom stereocenters. The van der Waals surface area contributed by atoms with E-state index in [1.165, 1.54) is 0 Å². The van der Waals surface area contributed by atoms with Gasteiger partial charge in [0.2, 0.25) is 0 Å². The molecule has 2 rings (SSSR count). The fraction of sp³-hybridized carbons (Fsp3) is 0.588. The zero-order chi connectivity index (χ0) is 18.3. The third-order valence-electron chi connectivity index (χ3n) is 4.13. The summed E-state index contributed by atoms with van der Waals surface area (Å²) in [5.41, 5.74) is -0.0454. The van der Waals surface area contributed by atoms with Crippen molar-refractivity contribution in [2.24, 2.45) is 12.0 Å². The molecule has 0 spiro atoms. The maximum Gasteiger partial charge on any atom is 0.191 e. The van der Waals surface area contributed by atoms with E-state index in [4.69, 9.17) is 0 Å². The molecule has 0 saturated heterocycles. The topological polar surface area (TPSA) is 87.4 Å². The van der Waals surface area contributed by atoms with Crippen molar-refractivity contribution < 1.29 is 5.11 Å². The zero-order valence-electron chi connectivity index (χ0n) is 15.4. The SMILES string of the molecule is CCCCNC(=NCc1nnc(C)n1C)NCC(C)(O)c1ccsc1. The van der Waals surface area contributed by atoms with Gasteiger partial charge in [0.25, 0.3) is 0 Å². The van der Waals surface area contributed by atoms with Crippen molar-refractivity contribution in [1.82, 2.24) is 25.4 Å². The molecule has 2 aromatic heterocycles. The van der Waals surface area contributed by atoms with Crippen LogP contribution in [0.1, 0.15) is 43.9 Å². The van der Waals surface area contributed by atoms with E-state index in [0.717, 1.165) is 36.6 Å². The summed E-state index contributed by atoms with van der Waals surface area (Å²) in [6.45, 7) is 7.50. The van der Waals surface area contributed by atoms with E-state index >= 15 is 0 Å². The summed E-state index contributed by atoms with van der Waals surface area (Å²) < 4.78 is 1.93. The number of aliphatic hydroxyl groups is 1. The van der Waals surface area contributed by atoms with Gasteiger partial charge in [0.15, 0.2) is 11.8 Å². The van der Waals surface area contributed by atoms with Crippen molar-refractivity contribution in [3.05, 3.63) is 34.0 Å². The smallest absolute Gasteiger partial charge is 0.191 e. The van der Waals surface area contributed by atoms with Gasteiger partial charge in [-0.1, -0.05) is 13.3 Å². The highest BCUT2D eigenvalue weighted by molar-refractivity contribution is 7.08. The number of aromatic nitrogens is 3. The van der Waals surface area contributed by atoms with Crippen LogP contribution in [0.25, 0.3) is 0 Å². The first kappa shape index (κ1) is 19.4. The van der Waals surface area contributed by atoms with Crippen molar-refractivity contribution in [2.75, 3.05) is 13.1 Å². The van der Waals surface area contributed by atoms with E-state index in [2.05, 4.69) is 32.7 Å². The number of hydrogen-bond donors (Lipinski definition) is 3. The molecule has 1 unspecified atom stereocenters. The predicted octanol–water partition coefficient (Wildman–Crippen LogP) is 1.93. The lowest BCUT2D eigenvalue weighted by atomic mass is 9.99. The number of hydrogen-bond acceptors (Lipinski definition) is 5. The maximum atomic E-state index is 10.7. The molecular formula is C17H28N6OS. The van der Waals surface area contributed by atoms with Crippen LogP contribution in [0.4, 0.5) is 0 Å². The van der Waals surface area contributed by atoms with Crippen LogP contribution >= 0.6 is 11.3 Å². The Labute approximate surface area is 153 Å². The molecule has 25 heavy (non-hydrogen) atoms. The molecule has 0 saturated carbocycles. The number of nitrogens with one attached hydrogen (secondary N) is 2. The van der Waals surface area contributed by atoms with E-state index in [1.54, 1.807) is 18.3 Å². The molecule has 7 nitrogen and oxygen atoms in total. The minimum absolute atomic E-state index is 0.375. The lowest BCUT2D eigenvalue weighted by Gasteiger charge is -2.24. The Bertz CT molecular complexity index is 677. The number of aliphatic imine (C=N–C) groups is 1. The largest absolute Gasteiger partial charge is 0.384 e. The Morgan fingerprint density at radius 1 is 1.40 bits per heavy atom. The predicted molar refractivity (Wildman–Crippen MR) is 102 cm³/mol. The Hall–Kier alpha value is -1.93. The third kappa shape index (κ3) is 5.54. The average Bonchev–Trinajstić information content (AvgIpc) is 3.23. The van der Waals surface area contributed by atoms with Crippen LogP contribution < -0.4 is 10.6 Å². The molecule has 0 radical (unpaired) electrons. The van der Waals surface area contributed by atoms with E-state index in [1.807, 2.05) is 35.4 Å². The first-order valence-electron chi connectivity index (χ1n) is 8.56. The van der Waals surface area contributed by atoms with Crippen LogP contribution in [-0.2, 0) is 19.2 Å². The summed E-state index contributed by atoms with van der Waals surface area (Å²) >= 11 is 1.58. The second-order valence-corrected chi connectivity index (χ2v) is 7.09.